The minimum atomic E-state index is -0.603. The van der Waals surface area contributed by atoms with Gasteiger partial charge in [-0.25, -0.2) is 0 Å². The van der Waals surface area contributed by atoms with E-state index in [9.17, 15) is 5.11 Å². The minimum Gasteiger partial charge on any atom is -0.497 e. The van der Waals surface area contributed by atoms with Crippen LogP contribution in [0.3, 0.4) is 0 Å². The van der Waals surface area contributed by atoms with Crippen molar-refractivity contribution in [3.63, 3.8) is 0 Å². The second-order valence-electron chi connectivity index (χ2n) is 3.45. The molecule has 0 aliphatic rings. The van der Waals surface area contributed by atoms with Crippen molar-refractivity contribution >= 4 is 43.2 Å². The molecule has 5 heteroatoms. The molecule has 1 aromatic heterocycles. The summed E-state index contributed by atoms with van der Waals surface area (Å²) >= 11 is 8.35. The highest BCUT2D eigenvalue weighted by molar-refractivity contribution is 9.13. The van der Waals surface area contributed by atoms with Crippen LogP contribution in [0.1, 0.15) is 16.5 Å². The first kappa shape index (κ1) is 13.1. The summed E-state index contributed by atoms with van der Waals surface area (Å²) in [6.45, 7) is 0. The van der Waals surface area contributed by atoms with Gasteiger partial charge in [0.1, 0.15) is 11.9 Å². The summed E-state index contributed by atoms with van der Waals surface area (Å²) in [7, 11) is 1.62. The number of methoxy groups -OCH3 is 1. The molecule has 0 saturated carbocycles. The number of benzene rings is 1. The average molecular weight is 378 g/mol. The third kappa shape index (κ3) is 2.91. The zero-order valence-electron chi connectivity index (χ0n) is 8.98. The molecule has 1 unspecified atom stereocenters. The number of hydrogen-bond acceptors (Lipinski definition) is 3. The third-order valence-electron chi connectivity index (χ3n) is 2.37. The van der Waals surface area contributed by atoms with E-state index in [1.165, 1.54) is 11.3 Å². The van der Waals surface area contributed by atoms with Gasteiger partial charge in [-0.05, 0) is 55.6 Å². The van der Waals surface area contributed by atoms with Crippen molar-refractivity contribution < 1.29 is 9.84 Å². The Bertz CT molecular complexity index is 488. The first-order valence-electron chi connectivity index (χ1n) is 4.88. The van der Waals surface area contributed by atoms with Gasteiger partial charge in [0.25, 0.3) is 0 Å². The van der Waals surface area contributed by atoms with E-state index in [0.29, 0.717) is 0 Å². The van der Waals surface area contributed by atoms with Gasteiger partial charge in [0.2, 0.25) is 0 Å². The fourth-order valence-electron chi connectivity index (χ4n) is 1.45. The lowest BCUT2D eigenvalue weighted by Crippen LogP contribution is -1.96. The summed E-state index contributed by atoms with van der Waals surface area (Å²) < 4.78 is 7.03. The maximum absolute atomic E-state index is 10.2. The molecular weight excluding hydrogens is 368 g/mol. The van der Waals surface area contributed by atoms with Crippen LogP contribution in [0.15, 0.2) is 38.6 Å². The molecule has 2 rings (SSSR count). The summed E-state index contributed by atoms with van der Waals surface area (Å²) in [4.78, 5) is 0.897. The highest BCUT2D eigenvalue weighted by Gasteiger charge is 2.15. The molecule has 90 valence electrons. The van der Waals surface area contributed by atoms with E-state index in [-0.39, 0.29) is 0 Å². The van der Waals surface area contributed by atoms with Crippen LogP contribution >= 0.6 is 43.2 Å². The Kier molecular flexibility index (Phi) is 4.25. The van der Waals surface area contributed by atoms with Crippen molar-refractivity contribution in [1.82, 2.24) is 0 Å². The second-order valence-corrected chi connectivity index (χ2v) is 6.70. The van der Waals surface area contributed by atoms with Crippen molar-refractivity contribution in [2.24, 2.45) is 0 Å². The number of aliphatic hydroxyl groups excluding tert-OH is 1. The molecule has 1 aromatic carbocycles. The van der Waals surface area contributed by atoms with E-state index in [0.717, 1.165) is 24.4 Å². The average Bonchev–Trinajstić information content (AvgIpc) is 2.69. The van der Waals surface area contributed by atoms with Crippen LogP contribution in [0, 0.1) is 0 Å². The first-order valence-corrected chi connectivity index (χ1v) is 7.29. The lowest BCUT2D eigenvalue weighted by molar-refractivity contribution is 0.224. The molecule has 0 fully saturated rings. The molecule has 2 aromatic rings. The lowest BCUT2D eigenvalue weighted by Gasteiger charge is -2.09. The number of halogens is 2. The maximum atomic E-state index is 10.2. The predicted molar refractivity (Wildman–Crippen MR) is 76.8 cm³/mol. The monoisotopic (exact) mass is 376 g/mol. The van der Waals surface area contributed by atoms with Crippen LogP contribution in [0.5, 0.6) is 5.75 Å². The molecule has 2 nitrogen and oxygen atoms in total. The van der Waals surface area contributed by atoms with Crippen molar-refractivity contribution in [3.05, 3.63) is 49.0 Å². The molecule has 1 atom stereocenters. The molecular formula is C12H10Br2O2S. The SMILES string of the molecule is COc1ccc(C(O)c2cc(Br)c(Br)s2)cc1. The summed E-state index contributed by atoms with van der Waals surface area (Å²) in [5.41, 5.74) is 0.854. The number of aliphatic hydroxyl groups is 1. The number of hydrogen-bond donors (Lipinski definition) is 1. The standard InChI is InChI=1S/C12H10Br2O2S/c1-16-8-4-2-7(3-5-8)11(15)10-6-9(13)12(14)17-10/h2-6,11,15H,1H3. The quantitative estimate of drug-likeness (QED) is 0.860. The van der Waals surface area contributed by atoms with E-state index in [4.69, 9.17) is 4.74 Å². The van der Waals surface area contributed by atoms with E-state index < -0.39 is 6.10 Å². The Morgan fingerprint density at radius 3 is 2.35 bits per heavy atom. The molecule has 0 aliphatic carbocycles. The fraction of sp³-hybridized carbons (Fsp3) is 0.167. The highest BCUT2D eigenvalue weighted by Crippen LogP contribution is 2.37. The molecule has 1 heterocycles. The van der Waals surface area contributed by atoms with Crippen LogP contribution in [0.4, 0.5) is 0 Å². The van der Waals surface area contributed by atoms with Gasteiger partial charge in [-0.1, -0.05) is 12.1 Å². The molecule has 0 amide bonds. The zero-order chi connectivity index (χ0) is 12.4. The van der Waals surface area contributed by atoms with E-state index in [1.807, 2.05) is 30.3 Å². The number of rotatable bonds is 3. The number of ether oxygens (including phenoxy) is 1. The van der Waals surface area contributed by atoms with Gasteiger partial charge in [0.05, 0.1) is 10.9 Å². The van der Waals surface area contributed by atoms with Crippen LogP contribution in [0.2, 0.25) is 0 Å². The Hall–Kier alpha value is -0.360. The lowest BCUT2D eigenvalue weighted by atomic mass is 10.1. The summed E-state index contributed by atoms with van der Waals surface area (Å²) in [6.07, 6.45) is -0.603. The van der Waals surface area contributed by atoms with Gasteiger partial charge < -0.3 is 9.84 Å². The van der Waals surface area contributed by atoms with Gasteiger partial charge >= 0.3 is 0 Å². The normalized spacial score (nSPS) is 12.5. The predicted octanol–water partition coefficient (Wildman–Crippen LogP) is 4.36. The van der Waals surface area contributed by atoms with Gasteiger partial charge in [0, 0.05) is 9.35 Å². The van der Waals surface area contributed by atoms with Crippen molar-refractivity contribution in [3.8, 4) is 5.75 Å². The van der Waals surface area contributed by atoms with Gasteiger partial charge in [0.15, 0.2) is 0 Å². The molecule has 0 aliphatic heterocycles. The summed E-state index contributed by atoms with van der Waals surface area (Å²) in [5, 5.41) is 10.2. The van der Waals surface area contributed by atoms with E-state index >= 15 is 0 Å². The first-order chi connectivity index (χ1) is 8.11. The zero-order valence-corrected chi connectivity index (χ0v) is 13.0. The van der Waals surface area contributed by atoms with Crippen LogP contribution in [0.25, 0.3) is 0 Å². The number of thiophene rings is 1. The maximum Gasteiger partial charge on any atom is 0.118 e. The molecule has 0 saturated heterocycles. The fourth-order valence-corrected chi connectivity index (χ4v) is 3.55. The van der Waals surface area contributed by atoms with Crippen LogP contribution in [-0.4, -0.2) is 12.2 Å². The van der Waals surface area contributed by atoms with Crippen LogP contribution < -0.4 is 4.74 Å². The Labute approximate surface area is 121 Å². The Morgan fingerprint density at radius 2 is 1.88 bits per heavy atom. The van der Waals surface area contributed by atoms with Gasteiger partial charge in [-0.15, -0.1) is 11.3 Å². The molecule has 0 radical (unpaired) electrons. The van der Waals surface area contributed by atoms with E-state index in [1.54, 1.807) is 7.11 Å². The summed E-state index contributed by atoms with van der Waals surface area (Å²) in [6, 6.07) is 9.34. The van der Waals surface area contributed by atoms with Crippen molar-refractivity contribution in [2.45, 2.75) is 6.10 Å². The van der Waals surface area contributed by atoms with Crippen molar-refractivity contribution in [1.29, 1.82) is 0 Å². The Balaban J connectivity index is 2.26. The van der Waals surface area contributed by atoms with Gasteiger partial charge in [-0.3, -0.25) is 0 Å². The minimum absolute atomic E-state index is 0.603. The molecule has 1 N–H and O–H groups in total. The third-order valence-corrected chi connectivity index (χ3v) is 5.67. The van der Waals surface area contributed by atoms with Crippen molar-refractivity contribution in [2.75, 3.05) is 7.11 Å². The Morgan fingerprint density at radius 1 is 1.24 bits per heavy atom. The largest absolute Gasteiger partial charge is 0.497 e. The van der Waals surface area contributed by atoms with E-state index in [2.05, 4.69) is 31.9 Å². The smallest absolute Gasteiger partial charge is 0.118 e. The topological polar surface area (TPSA) is 29.5 Å². The second kappa shape index (κ2) is 5.52. The summed E-state index contributed by atoms with van der Waals surface area (Å²) in [5.74, 6) is 0.787. The van der Waals surface area contributed by atoms with Crippen LogP contribution in [-0.2, 0) is 0 Å². The highest BCUT2D eigenvalue weighted by atomic mass is 79.9. The van der Waals surface area contributed by atoms with Gasteiger partial charge in [-0.2, -0.15) is 0 Å². The molecule has 0 spiro atoms. The molecule has 0 bridgehead atoms. The molecule has 17 heavy (non-hydrogen) atoms.